The van der Waals surface area contributed by atoms with Crippen LogP contribution in [0.3, 0.4) is 0 Å². The largest absolute Gasteiger partial charge is 0.384 e. The minimum atomic E-state index is -3.41. The molecule has 6 nitrogen and oxygen atoms in total. The maximum Gasteiger partial charge on any atom is 0.234 e. The number of carbonyl (C=O) groups excluding carboxylic acids is 1. The van der Waals surface area contributed by atoms with Crippen LogP contribution >= 0.6 is 0 Å². The van der Waals surface area contributed by atoms with Gasteiger partial charge in [0.05, 0.1) is 12.4 Å². The van der Waals surface area contributed by atoms with Crippen LogP contribution in [-0.2, 0) is 26.0 Å². The maximum atomic E-state index is 12.1. The summed E-state index contributed by atoms with van der Waals surface area (Å²) in [5.74, 6) is -0.0520. The number of sulfonamides is 1. The number of benzene rings is 1. The van der Waals surface area contributed by atoms with Crippen molar-refractivity contribution in [2.75, 3.05) is 35.6 Å². The second-order valence-electron chi connectivity index (χ2n) is 5.65. The second-order valence-corrected chi connectivity index (χ2v) is 7.49. The minimum absolute atomic E-state index is 0.0572. The van der Waals surface area contributed by atoms with E-state index in [1.165, 1.54) is 7.11 Å². The van der Waals surface area contributed by atoms with Gasteiger partial charge in [-0.3, -0.25) is 9.52 Å². The Labute approximate surface area is 131 Å². The van der Waals surface area contributed by atoms with Crippen LogP contribution in [0.25, 0.3) is 0 Å². The highest BCUT2D eigenvalue weighted by molar-refractivity contribution is 7.92. The predicted molar refractivity (Wildman–Crippen MR) is 86.6 cm³/mol. The summed E-state index contributed by atoms with van der Waals surface area (Å²) < 4.78 is 31.1. The predicted octanol–water partition coefficient (Wildman–Crippen LogP) is 1.62. The van der Waals surface area contributed by atoms with Gasteiger partial charge in [0.2, 0.25) is 15.9 Å². The van der Waals surface area contributed by atoms with Gasteiger partial charge in [0.15, 0.2) is 0 Å². The number of anilines is 2. The topological polar surface area (TPSA) is 75.7 Å². The van der Waals surface area contributed by atoms with Crippen LogP contribution in [0, 0.1) is 5.92 Å². The Kier molecular flexibility index (Phi) is 5.08. The first-order chi connectivity index (χ1) is 10.3. The Morgan fingerprint density at radius 1 is 1.41 bits per heavy atom. The zero-order chi connectivity index (χ0) is 16.3. The van der Waals surface area contributed by atoms with Gasteiger partial charge < -0.3 is 9.64 Å². The van der Waals surface area contributed by atoms with E-state index in [1.54, 1.807) is 23.1 Å². The van der Waals surface area contributed by atoms with Crippen molar-refractivity contribution in [2.24, 2.45) is 5.92 Å². The Morgan fingerprint density at radius 3 is 2.77 bits per heavy atom. The van der Waals surface area contributed by atoms with Gasteiger partial charge in [-0.05, 0) is 30.2 Å². The zero-order valence-corrected chi connectivity index (χ0v) is 13.9. The van der Waals surface area contributed by atoms with Crippen molar-refractivity contribution in [3.63, 3.8) is 0 Å². The summed E-state index contributed by atoms with van der Waals surface area (Å²) in [5.41, 5.74) is 2.38. The molecule has 0 radical (unpaired) electrons. The van der Waals surface area contributed by atoms with Crippen LogP contribution in [0.1, 0.15) is 19.4 Å². The Bertz CT molecular complexity index is 656. The molecule has 1 N–H and O–H groups in total. The second kappa shape index (κ2) is 6.66. The van der Waals surface area contributed by atoms with Crippen LogP contribution in [0.2, 0.25) is 0 Å². The molecule has 0 spiro atoms. The van der Waals surface area contributed by atoms with Crippen molar-refractivity contribution in [1.29, 1.82) is 0 Å². The van der Waals surface area contributed by atoms with Crippen LogP contribution in [0.5, 0.6) is 0 Å². The van der Waals surface area contributed by atoms with Crippen molar-refractivity contribution in [2.45, 2.75) is 20.3 Å². The summed E-state index contributed by atoms with van der Waals surface area (Å²) in [6.07, 6.45) is 0.738. The number of methoxy groups -OCH3 is 1. The first-order valence-corrected chi connectivity index (χ1v) is 8.93. The molecule has 7 heteroatoms. The van der Waals surface area contributed by atoms with Gasteiger partial charge in [-0.1, -0.05) is 13.8 Å². The molecular weight excluding hydrogens is 304 g/mol. The molecule has 0 bridgehead atoms. The van der Waals surface area contributed by atoms with Crippen molar-refractivity contribution in [3.05, 3.63) is 23.8 Å². The fraction of sp³-hybridized carbons (Fsp3) is 0.533. The minimum Gasteiger partial charge on any atom is -0.384 e. The average Bonchev–Trinajstić information content (AvgIpc) is 2.86. The lowest BCUT2D eigenvalue weighted by molar-refractivity contribution is -0.121. The van der Waals surface area contributed by atoms with E-state index < -0.39 is 10.0 Å². The Hall–Kier alpha value is -1.60. The number of rotatable bonds is 6. The molecule has 0 atom stereocenters. The summed E-state index contributed by atoms with van der Waals surface area (Å²) in [4.78, 5) is 13.9. The van der Waals surface area contributed by atoms with Gasteiger partial charge in [0.1, 0.15) is 0 Å². The molecule has 1 aliphatic heterocycles. The highest BCUT2D eigenvalue weighted by Gasteiger charge is 2.26. The molecule has 1 amide bonds. The van der Waals surface area contributed by atoms with Crippen LogP contribution in [-0.4, -0.2) is 40.3 Å². The lowest BCUT2D eigenvalue weighted by Gasteiger charge is -2.19. The highest BCUT2D eigenvalue weighted by Crippen LogP contribution is 2.31. The smallest absolute Gasteiger partial charge is 0.234 e. The van der Waals surface area contributed by atoms with Crippen molar-refractivity contribution in [3.8, 4) is 0 Å². The fourth-order valence-electron chi connectivity index (χ4n) is 2.43. The Balaban J connectivity index is 2.15. The number of hydrogen-bond acceptors (Lipinski definition) is 4. The van der Waals surface area contributed by atoms with Gasteiger partial charge in [-0.2, -0.15) is 0 Å². The maximum absolute atomic E-state index is 12.1. The molecule has 0 saturated carbocycles. The molecule has 122 valence electrons. The first kappa shape index (κ1) is 16.8. The van der Waals surface area contributed by atoms with Crippen LogP contribution < -0.4 is 9.62 Å². The van der Waals surface area contributed by atoms with Crippen molar-refractivity contribution < 1.29 is 17.9 Å². The molecule has 1 aliphatic rings. The SMILES string of the molecule is COCCS(=O)(=O)Nc1ccc2c(c1)CCN2C(=O)C(C)C. The van der Waals surface area contributed by atoms with Gasteiger partial charge in [0, 0.05) is 30.9 Å². The average molecular weight is 326 g/mol. The third-order valence-electron chi connectivity index (χ3n) is 3.56. The molecule has 0 unspecified atom stereocenters. The number of nitrogens with one attached hydrogen (secondary N) is 1. The number of amides is 1. The number of fused-ring (bicyclic) bond motifs is 1. The summed E-state index contributed by atoms with van der Waals surface area (Å²) in [7, 11) is -1.95. The van der Waals surface area contributed by atoms with E-state index >= 15 is 0 Å². The third kappa shape index (κ3) is 3.78. The van der Waals surface area contributed by atoms with E-state index in [1.807, 2.05) is 13.8 Å². The van der Waals surface area contributed by atoms with Gasteiger partial charge in [0.25, 0.3) is 0 Å². The van der Waals surface area contributed by atoms with Gasteiger partial charge >= 0.3 is 0 Å². The van der Waals surface area contributed by atoms with Crippen molar-refractivity contribution in [1.82, 2.24) is 0 Å². The number of carbonyl (C=O) groups is 1. The lowest BCUT2D eigenvalue weighted by Crippen LogP contribution is -2.32. The monoisotopic (exact) mass is 326 g/mol. The van der Waals surface area contributed by atoms with E-state index in [9.17, 15) is 13.2 Å². The van der Waals surface area contributed by atoms with Crippen LogP contribution in [0.4, 0.5) is 11.4 Å². The van der Waals surface area contributed by atoms with E-state index in [2.05, 4.69) is 4.72 Å². The standard InChI is InChI=1S/C15H22N2O4S/c1-11(2)15(18)17-7-6-12-10-13(4-5-14(12)17)16-22(19,20)9-8-21-3/h4-5,10-11,16H,6-9H2,1-3H3. The van der Waals surface area contributed by atoms with E-state index in [0.29, 0.717) is 12.2 Å². The van der Waals surface area contributed by atoms with Gasteiger partial charge in [-0.25, -0.2) is 8.42 Å². The summed E-state index contributed by atoms with van der Waals surface area (Å²) in [6, 6.07) is 5.29. The third-order valence-corrected chi connectivity index (χ3v) is 4.82. The molecule has 0 aliphatic carbocycles. The van der Waals surface area contributed by atoms with E-state index in [4.69, 9.17) is 4.74 Å². The molecular formula is C15H22N2O4S. The molecule has 1 heterocycles. The van der Waals surface area contributed by atoms with Crippen molar-refractivity contribution >= 4 is 27.3 Å². The highest BCUT2D eigenvalue weighted by atomic mass is 32.2. The molecule has 22 heavy (non-hydrogen) atoms. The van der Waals surface area contributed by atoms with Crippen LogP contribution in [0.15, 0.2) is 18.2 Å². The Morgan fingerprint density at radius 2 is 2.14 bits per heavy atom. The molecule has 1 aromatic rings. The number of ether oxygens (including phenoxy) is 1. The van der Waals surface area contributed by atoms with Gasteiger partial charge in [-0.15, -0.1) is 0 Å². The molecule has 0 fully saturated rings. The van der Waals surface area contributed by atoms with E-state index in [-0.39, 0.29) is 24.2 Å². The normalized spacial score (nSPS) is 14.3. The zero-order valence-electron chi connectivity index (χ0n) is 13.1. The summed E-state index contributed by atoms with van der Waals surface area (Å²) >= 11 is 0. The fourth-order valence-corrected chi connectivity index (χ4v) is 3.40. The molecule has 0 saturated heterocycles. The number of nitrogens with zero attached hydrogens (tertiary/aromatic N) is 1. The molecule has 1 aromatic carbocycles. The summed E-state index contributed by atoms with van der Waals surface area (Å²) in [5, 5.41) is 0. The molecule has 2 rings (SSSR count). The lowest BCUT2D eigenvalue weighted by atomic mass is 10.1. The number of hydrogen-bond donors (Lipinski definition) is 1. The quantitative estimate of drug-likeness (QED) is 0.862. The molecule has 0 aromatic heterocycles. The first-order valence-electron chi connectivity index (χ1n) is 7.28. The summed E-state index contributed by atoms with van der Waals surface area (Å²) in [6.45, 7) is 4.54. The van der Waals surface area contributed by atoms with E-state index in [0.717, 1.165) is 17.7 Å².